The number of nitriles is 1. The van der Waals surface area contributed by atoms with Gasteiger partial charge in [-0.15, -0.1) is 11.3 Å². The molecule has 4 heteroatoms. The number of anilines is 1. The molecular formula is C15H16N2OS. The van der Waals surface area contributed by atoms with Crippen LogP contribution >= 0.6 is 11.3 Å². The van der Waals surface area contributed by atoms with Crippen LogP contribution in [-0.2, 0) is 13.0 Å². The summed E-state index contributed by atoms with van der Waals surface area (Å²) in [6, 6.07) is 11.9. The molecule has 3 nitrogen and oxygen atoms in total. The van der Waals surface area contributed by atoms with E-state index in [0.29, 0.717) is 5.56 Å². The SMILES string of the molecule is CCc1ccc(CNc2cc(OC)ccc2C#N)s1. The third kappa shape index (κ3) is 3.27. The van der Waals surface area contributed by atoms with Crippen molar-refractivity contribution in [1.82, 2.24) is 0 Å². The third-order valence-electron chi connectivity index (χ3n) is 2.87. The summed E-state index contributed by atoms with van der Waals surface area (Å²) in [4.78, 5) is 2.64. The maximum absolute atomic E-state index is 9.09. The first-order valence-corrected chi connectivity index (χ1v) is 6.98. The van der Waals surface area contributed by atoms with Crippen LogP contribution in [0.4, 0.5) is 5.69 Å². The molecular weight excluding hydrogens is 256 g/mol. The fraction of sp³-hybridized carbons (Fsp3) is 0.267. The van der Waals surface area contributed by atoms with Crippen LogP contribution in [0, 0.1) is 11.3 Å². The van der Waals surface area contributed by atoms with Gasteiger partial charge >= 0.3 is 0 Å². The topological polar surface area (TPSA) is 45.0 Å². The lowest BCUT2D eigenvalue weighted by Gasteiger charge is -2.09. The molecule has 0 amide bonds. The second kappa shape index (κ2) is 6.26. The number of nitrogens with zero attached hydrogens (tertiary/aromatic N) is 1. The highest BCUT2D eigenvalue weighted by molar-refractivity contribution is 7.12. The number of thiophene rings is 1. The van der Waals surface area contributed by atoms with Crippen molar-refractivity contribution in [2.75, 3.05) is 12.4 Å². The Balaban J connectivity index is 2.12. The summed E-state index contributed by atoms with van der Waals surface area (Å²) in [5.74, 6) is 0.752. The highest BCUT2D eigenvalue weighted by Crippen LogP contribution is 2.24. The fourth-order valence-electron chi connectivity index (χ4n) is 1.78. The lowest BCUT2D eigenvalue weighted by Crippen LogP contribution is -2.00. The van der Waals surface area contributed by atoms with Crippen LogP contribution < -0.4 is 10.1 Å². The van der Waals surface area contributed by atoms with E-state index < -0.39 is 0 Å². The second-order valence-electron chi connectivity index (χ2n) is 4.10. The smallest absolute Gasteiger partial charge is 0.121 e. The molecule has 0 aliphatic carbocycles. The van der Waals surface area contributed by atoms with Gasteiger partial charge in [0.15, 0.2) is 0 Å². The molecule has 0 fully saturated rings. The Morgan fingerprint density at radius 2 is 2.05 bits per heavy atom. The number of hydrogen-bond donors (Lipinski definition) is 1. The first kappa shape index (κ1) is 13.4. The highest BCUT2D eigenvalue weighted by Gasteiger charge is 2.05. The van der Waals surface area contributed by atoms with Gasteiger partial charge in [0.2, 0.25) is 0 Å². The minimum Gasteiger partial charge on any atom is -0.497 e. The normalized spacial score (nSPS) is 9.95. The number of ether oxygens (including phenoxy) is 1. The van der Waals surface area contributed by atoms with Crippen LogP contribution in [0.5, 0.6) is 5.75 Å². The van der Waals surface area contributed by atoms with E-state index in [2.05, 4.69) is 30.4 Å². The highest BCUT2D eigenvalue weighted by atomic mass is 32.1. The predicted octanol–water partition coefficient (Wildman–Crippen LogP) is 3.80. The van der Waals surface area contributed by atoms with E-state index in [4.69, 9.17) is 10.00 Å². The number of benzene rings is 1. The van der Waals surface area contributed by atoms with Crippen LogP contribution in [0.3, 0.4) is 0 Å². The number of aryl methyl sites for hydroxylation is 1. The molecule has 1 heterocycles. The van der Waals surface area contributed by atoms with Crippen LogP contribution in [0.25, 0.3) is 0 Å². The van der Waals surface area contributed by atoms with Crippen LogP contribution in [0.1, 0.15) is 22.2 Å². The van der Waals surface area contributed by atoms with Crippen molar-refractivity contribution >= 4 is 17.0 Å². The van der Waals surface area contributed by atoms with Crippen LogP contribution in [-0.4, -0.2) is 7.11 Å². The zero-order chi connectivity index (χ0) is 13.7. The molecule has 98 valence electrons. The molecule has 0 unspecified atom stereocenters. The zero-order valence-electron chi connectivity index (χ0n) is 11.1. The van der Waals surface area contributed by atoms with Gasteiger partial charge < -0.3 is 10.1 Å². The summed E-state index contributed by atoms with van der Waals surface area (Å²) < 4.78 is 5.18. The minimum atomic E-state index is 0.632. The van der Waals surface area contributed by atoms with Gasteiger partial charge in [0, 0.05) is 22.4 Å². The van der Waals surface area contributed by atoms with Gasteiger partial charge in [0.25, 0.3) is 0 Å². The van der Waals surface area contributed by atoms with Crippen molar-refractivity contribution in [3.63, 3.8) is 0 Å². The van der Waals surface area contributed by atoms with Gasteiger partial charge in [0.1, 0.15) is 11.8 Å². The molecule has 0 atom stereocenters. The molecule has 0 aliphatic rings. The predicted molar refractivity (Wildman–Crippen MR) is 78.7 cm³/mol. The van der Waals surface area contributed by atoms with Gasteiger partial charge in [-0.05, 0) is 30.7 Å². The van der Waals surface area contributed by atoms with Gasteiger partial charge in [-0.25, -0.2) is 0 Å². The quantitative estimate of drug-likeness (QED) is 0.900. The monoisotopic (exact) mass is 272 g/mol. The number of hydrogen-bond acceptors (Lipinski definition) is 4. The van der Waals surface area contributed by atoms with E-state index in [1.807, 2.05) is 6.07 Å². The van der Waals surface area contributed by atoms with E-state index in [1.165, 1.54) is 9.75 Å². The Bertz CT molecular complexity index is 598. The molecule has 0 aliphatic heterocycles. The summed E-state index contributed by atoms with van der Waals surface area (Å²) in [6.45, 7) is 2.88. The second-order valence-corrected chi connectivity index (χ2v) is 5.35. The summed E-state index contributed by atoms with van der Waals surface area (Å²) in [6.07, 6.45) is 1.06. The molecule has 1 aromatic heterocycles. The summed E-state index contributed by atoms with van der Waals surface area (Å²) in [7, 11) is 1.62. The van der Waals surface area contributed by atoms with Crippen LogP contribution in [0.15, 0.2) is 30.3 Å². The molecule has 0 spiro atoms. The van der Waals surface area contributed by atoms with Crippen molar-refractivity contribution in [2.45, 2.75) is 19.9 Å². The summed E-state index contributed by atoms with van der Waals surface area (Å²) >= 11 is 1.80. The first-order valence-electron chi connectivity index (χ1n) is 6.16. The maximum atomic E-state index is 9.09. The molecule has 1 N–H and O–H groups in total. The summed E-state index contributed by atoms with van der Waals surface area (Å²) in [5.41, 5.74) is 1.45. The van der Waals surface area contributed by atoms with Gasteiger partial charge in [-0.2, -0.15) is 5.26 Å². The largest absolute Gasteiger partial charge is 0.497 e. The van der Waals surface area contributed by atoms with E-state index >= 15 is 0 Å². The molecule has 0 radical (unpaired) electrons. The Labute approximate surface area is 117 Å². The third-order valence-corrected chi connectivity index (χ3v) is 4.10. The lowest BCUT2D eigenvalue weighted by molar-refractivity contribution is 0.415. The Hall–Kier alpha value is -1.99. The minimum absolute atomic E-state index is 0.632. The Morgan fingerprint density at radius 1 is 1.26 bits per heavy atom. The van der Waals surface area contributed by atoms with Crippen molar-refractivity contribution in [3.05, 3.63) is 45.6 Å². The zero-order valence-corrected chi connectivity index (χ0v) is 11.9. The Morgan fingerprint density at radius 3 is 2.68 bits per heavy atom. The Kier molecular flexibility index (Phi) is 4.43. The van der Waals surface area contributed by atoms with Crippen molar-refractivity contribution in [1.29, 1.82) is 5.26 Å². The molecule has 1 aromatic carbocycles. The maximum Gasteiger partial charge on any atom is 0.121 e. The van der Waals surface area contributed by atoms with E-state index in [9.17, 15) is 0 Å². The van der Waals surface area contributed by atoms with E-state index in [0.717, 1.165) is 24.4 Å². The number of nitrogens with one attached hydrogen (secondary N) is 1. The first-order chi connectivity index (χ1) is 9.26. The van der Waals surface area contributed by atoms with E-state index in [1.54, 1.807) is 30.6 Å². The van der Waals surface area contributed by atoms with Gasteiger partial charge in [-0.3, -0.25) is 0 Å². The molecule has 0 saturated carbocycles. The number of rotatable bonds is 5. The molecule has 2 rings (SSSR count). The van der Waals surface area contributed by atoms with Gasteiger partial charge in [-0.1, -0.05) is 6.92 Å². The van der Waals surface area contributed by atoms with E-state index in [-0.39, 0.29) is 0 Å². The molecule has 0 bridgehead atoms. The number of methoxy groups -OCH3 is 1. The van der Waals surface area contributed by atoms with Crippen molar-refractivity contribution in [3.8, 4) is 11.8 Å². The van der Waals surface area contributed by atoms with Crippen LogP contribution in [0.2, 0.25) is 0 Å². The molecule has 2 aromatic rings. The summed E-state index contributed by atoms with van der Waals surface area (Å²) in [5, 5.41) is 12.4. The van der Waals surface area contributed by atoms with Gasteiger partial charge in [0.05, 0.1) is 18.4 Å². The molecule has 19 heavy (non-hydrogen) atoms. The fourth-order valence-corrected chi connectivity index (χ4v) is 2.68. The van der Waals surface area contributed by atoms with Crippen molar-refractivity contribution < 1.29 is 4.74 Å². The standard InChI is InChI=1S/C15H16N2OS/c1-3-13-6-7-14(19-13)10-17-15-8-12(18-2)5-4-11(15)9-16/h4-8,17H,3,10H2,1-2H3. The lowest BCUT2D eigenvalue weighted by atomic mass is 10.2. The molecule has 0 saturated heterocycles. The average Bonchev–Trinajstić information content (AvgIpc) is 2.92. The van der Waals surface area contributed by atoms with Crippen molar-refractivity contribution in [2.24, 2.45) is 0 Å². The average molecular weight is 272 g/mol.